The molecule has 0 bridgehead atoms. The van der Waals surface area contributed by atoms with Crippen LogP contribution in [0.25, 0.3) is 11.1 Å². The first-order valence-corrected chi connectivity index (χ1v) is 10.2. The van der Waals surface area contributed by atoms with Crippen molar-refractivity contribution in [3.63, 3.8) is 0 Å². The first-order valence-electron chi connectivity index (χ1n) is 10.2. The minimum Gasteiger partial charge on any atom is -0.369 e. The molecule has 28 heavy (non-hydrogen) atoms. The van der Waals surface area contributed by atoms with E-state index < -0.39 is 0 Å². The second-order valence-electron chi connectivity index (χ2n) is 7.55. The number of likely N-dealkylation sites (N-methyl/N-ethyl adjacent to an activating group) is 1. The maximum absolute atomic E-state index is 12.4. The zero-order valence-electron chi connectivity index (χ0n) is 17.0. The molecule has 150 valence electrons. The number of hydrogen-bond donors (Lipinski definition) is 2. The van der Waals surface area contributed by atoms with E-state index in [9.17, 15) is 4.79 Å². The van der Waals surface area contributed by atoms with Gasteiger partial charge in [-0.1, -0.05) is 49.7 Å². The molecule has 0 saturated carbocycles. The molecule has 1 aliphatic rings. The molecule has 1 amide bonds. The number of rotatable bonds is 7. The molecule has 0 aliphatic carbocycles. The average Bonchev–Trinajstić information content (AvgIpc) is 2.73. The van der Waals surface area contributed by atoms with E-state index in [1.807, 2.05) is 12.1 Å². The predicted octanol–water partition coefficient (Wildman–Crippen LogP) is 3.02. The molecule has 0 spiro atoms. The van der Waals surface area contributed by atoms with E-state index in [1.54, 1.807) is 0 Å². The maximum Gasteiger partial charge on any atom is 0.228 e. The number of nitrogens with one attached hydrogen (secondary N) is 1. The molecule has 1 aliphatic heterocycles. The van der Waals surface area contributed by atoms with Crippen LogP contribution in [0.4, 0.5) is 5.69 Å². The van der Waals surface area contributed by atoms with Crippen LogP contribution in [0.5, 0.6) is 0 Å². The lowest BCUT2D eigenvalue weighted by Crippen LogP contribution is -2.44. The molecule has 3 rings (SSSR count). The minimum absolute atomic E-state index is 0.00640. The molecule has 1 saturated heterocycles. The standard InChI is InChI=1S/C23H32N4O/c1-3-5-22(23(28)25-17-24)20-7-4-6-19(16-20)18-8-10-21(11-9-18)27-14-12-26(2)13-15-27/h4,6-11,16,22H,3,5,12-15,17,24H2,1-2H3,(H,25,28). The van der Waals surface area contributed by atoms with Gasteiger partial charge < -0.3 is 20.9 Å². The molecule has 1 heterocycles. The van der Waals surface area contributed by atoms with E-state index in [0.717, 1.165) is 50.1 Å². The van der Waals surface area contributed by atoms with E-state index >= 15 is 0 Å². The number of benzene rings is 2. The lowest BCUT2D eigenvalue weighted by molar-refractivity contribution is -0.122. The van der Waals surface area contributed by atoms with Gasteiger partial charge in [-0.15, -0.1) is 0 Å². The molecule has 2 aromatic carbocycles. The van der Waals surface area contributed by atoms with Gasteiger partial charge in [0.05, 0.1) is 12.6 Å². The predicted molar refractivity (Wildman–Crippen MR) is 116 cm³/mol. The minimum atomic E-state index is -0.155. The highest BCUT2D eigenvalue weighted by molar-refractivity contribution is 5.84. The number of carbonyl (C=O) groups excluding carboxylic acids is 1. The van der Waals surface area contributed by atoms with Crippen LogP contribution in [0, 0.1) is 0 Å². The van der Waals surface area contributed by atoms with Crippen molar-refractivity contribution >= 4 is 11.6 Å². The van der Waals surface area contributed by atoms with Crippen LogP contribution in [0.3, 0.4) is 0 Å². The second kappa shape index (κ2) is 9.71. The van der Waals surface area contributed by atoms with Crippen molar-refractivity contribution in [2.24, 2.45) is 5.73 Å². The Bertz CT molecular complexity index is 766. The molecule has 2 aromatic rings. The number of nitrogens with two attached hydrogens (primary N) is 1. The van der Waals surface area contributed by atoms with Crippen molar-refractivity contribution < 1.29 is 4.79 Å². The van der Waals surface area contributed by atoms with Crippen LogP contribution in [-0.2, 0) is 4.79 Å². The molecule has 5 nitrogen and oxygen atoms in total. The Morgan fingerprint density at radius 3 is 2.43 bits per heavy atom. The zero-order chi connectivity index (χ0) is 19.9. The summed E-state index contributed by atoms with van der Waals surface area (Å²) in [5, 5.41) is 2.76. The van der Waals surface area contributed by atoms with Crippen molar-refractivity contribution in [3.8, 4) is 11.1 Å². The summed E-state index contributed by atoms with van der Waals surface area (Å²) in [4.78, 5) is 17.2. The highest BCUT2D eigenvalue weighted by Crippen LogP contribution is 2.28. The summed E-state index contributed by atoms with van der Waals surface area (Å²) in [6, 6.07) is 17.1. The Morgan fingerprint density at radius 1 is 1.07 bits per heavy atom. The van der Waals surface area contributed by atoms with Gasteiger partial charge in [-0.3, -0.25) is 4.79 Å². The van der Waals surface area contributed by atoms with Crippen LogP contribution >= 0.6 is 0 Å². The largest absolute Gasteiger partial charge is 0.369 e. The van der Waals surface area contributed by atoms with Gasteiger partial charge in [-0.2, -0.15) is 0 Å². The highest BCUT2D eigenvalue weighted by Gasteiger charge is 2.20. The molecule has 1 unspecified atom stereocenters. The van der Waals surface area contributed by atoms with Gasteiger partial charge >= 0.3 is 0 Å². The second-order valence-corrected chi connectivity index (χ2v) is 7.55. The van der Waals surface area contributed by atoms with Gasteiger partial charge in [-0.25, -0.2) is 0 Å². The van der Waals surface area contributed by atoms with Gasteiger partial charge in [-0.05, 0) is 42.3 Å². The molecule has 0 radical (unpaired) electrons. The smallest absolute Gasteiger partial charge is 0.228 e. The summed E-state index contributed by atoms with van der Waals surface area (Å²) < 4.78 is 0. The van der Waals surface area contributed by atoms with Crippen LogP contribution in [0.2, 0.25) is 0 Å². The summed E-state index contributed by atoms with van der Waals surface area (Å²) in [7, 11) is 2.17. The Morgan fingerprint density at radius 2 is 1.79 bits per heavy atom. The SMILES string of the molecule is CCCC(C(=O)NCN)c1cccc(-c2ccc(N3CCN(C)CC3)cc2)c1. The third kappa shape index (κ3) is 4.91. The van der Waals surface area contributed by atoms with Gasteiger partial charge in [0.2, 0.25) is 5.91 Å². The summed E-state index contributed by atoms with van der Waals surface area (Å²) in [5.74, 6) is -0.148. The van der Waals surface area contributed by atoms with E-state index in [-0.39, 0.29) is 18.5 Å². The van der Waals surface area contributed by atoms with E-state index in [4.69, 9.17) is 5.73 Å². The normalized spacial score (nSPS) is 16.0. The fourth-order valence-corrected chi connectivity index (χ4v) is 3.83. The first kappa shape index (κ1) is 20.4. The van der Waals surface area contributed by atoms with Gasteiger partial charge in [0.1, 0.15) is 0 Å². The number of piperazine rings is 1. The van der Waals surface area contributed by atoms with Crippen molar-refractivity contribution in [1.82, 2.24) is 10.2 Å². The third-order valence-corrected chi connectivity index (χ3v) is 5.53. The topological polar surface area (TPSA) is 61.6 Å². The Balaban J connectivity index is 1.78. The fourth-order valence-electron chi connectivity index (χ4n) is 3.83. The number of amides is 1. The van der Waals surface area contributed by atoms with Gasteiger partial charge in [0.15, 0.2) is 0 Å². The molecule has 3 N–H and O–H groups in total. The molecule has 0 aromatic heterocycles. The fraction of sp³-hybridized carbons (Fsp3) is 0.435. The van der Waals surface area contributed by atoms with Crippen molar-refractivity contribution in [1.29, 1.82) is 0 Å². The summed E-state index contributed by atoms with van der Waals surface area (Å²) >= 11 is 0. The number of nitrogens with zero attached hydrogens (tertiary/aromatic N) is 2. The van der Waals surface area contributed by atoms with E-state index in [2.05, 4.69) is 65.5 Å². The Labute approximate surface area is 168 Å². The molecular formula is C23H32N4O. The summed E-state index contributed by atoms with van der Waals surface area (Å²) in [6.07, 6.45) is 1.77. The van der Waals surface area contributed by atoms with Crippen LogP contribution in [0.15, 0.2) is 48.5 Å². The van der Waals surface area contributed by atoms with E-state index in [0.29, 0.717) is 0 Å². The number of carbonyl (C=O) groups is 1. The van der Waals surface area contributed by atoms with Crippen LogP contribution in [0.1, 0.15) is 31.2 Å². The monoisotopic (exact) mass is 380 g/mol. The first-order chi connectivity index (χ1) is 13.6. The average molecular weight is 381 g/mol. The quantitative estimate of drug-likeness (QED) is 0.725. The summed E-state index contributed by atoms with van der Waals surface area (Å²) in [5.41, 5.74) is 10.2. The lowest BCUT2D eigenvalue weighted by Gasteiger charge is -2.34. The number of anilines is 1. The lowest BCUT2D eigenvalue weighted by atomic mass is 9.91. The highest BCUT2D eigenvalue weighted by atomic mass is 16.1. The van der Waals surface area contributed by atoms with Crippen LogP contribution < -0.4 is 16.0 Å². The molecule has 5 heteroatoms. The van der Waals surface area contributed by atoms with Crippen molar-refractivity contribution in [3.05, 3.63) is 54.1 Å². The Kier molecular flexibility index (Phi) is 7.06. The van der Waals surface area contributed by atoms with Gasteiger partial charge in [0.25, 0.3) is 0 Å². The van der Waals surface area contributed by atoms with Crippen molar-refractivity contribution in [2.45, 2.75) is 25.7 Å². The third-order valence-electron chi connectivity index (χ3n) is 5.53. The number of hydrogen-bond acceptors (Lipinski definition) is 4. The zero-order valence-corrected chi connectivity index (χ0v) is 17.0. The Hall–Kier alpha value is -2.37. The van der Waals surface area contributed by atoms with Crippen molar-refractivity contribution in [2.75, 3.05) is 44.8 Å². The molecule has 1 fully saturated rings. The van der Waals surface area contributed by atoms with Gasteiger partial charge in [0, 0.05) is 31.9 Å². The maximum atomic E-state index is 12.4. The molecular weight excluding hydrogens is 348 g/mol. The summed E-state index contributed by atoms with van der Waals surface area (Å²) in [6.45, 7) is 6.62. The van der Waals surface area contributed by atoms with Crippen LogP contribution in [-0.4, -0.2) is 50.7 Å². The molecule has 1 atom stereocenters. The van der Waals surface area contributed by atoms with E-state index in [1.165, 1.54) is 11.3 Å².